The molecule has 2 aromatic carbocycles. The monoisotopic (exact) mass is 341 g/mol. The van der Waals surface area contributed by atoms with Crippen LogP contribution in [0.1, 0.15) is 40.1 Å². The number of benzene rings is 2. The van der Waals surface area contributed by atoms with Gasteiger partial charge in [0.15, 0.2) is 0 Å². The van der Waals surface area contributed by atoms with Gasteiger partial charge in [0.05, 0.1) is 17.9 Å². The number of carbonyl (C=O) groups excluding carboxylic acids is 1. The van der Waals surface area contributed by atoms with Gasteiger partial charge in [-0.1, -0.05) is 0 Å². The molecule has 130 valence electrons. The molecule has 0 radical (unpaired) electrons. The van der Waals surface area contributed by atoms with E-state index in [-0.39, 0.29) is 17.6 Å². The highest BCUT2D eigenvalue weighted by molar-refractivity contribution is 6.05. The van der Waals surface area contributed by atoms with Crippen LogP contribution in [0.2, 0.25) is 0 Å². The molecule has 3 rings (SSSR count). The molecule has 1 unspecified atom stereocenters. The summed E-state index contributed by atoms with van der Waals surface area (Å²) in [7, 11) is 0. The zero-order valence-corrected chi connectivity index (χ0v) is 14.0. The number of fused-ring (bicyclic) bond motifs is 1. The number of carboxylic acid groups (broad SMARTS) is 1. The number of hydrogen-bond donors (Lipinski definition) is 2. The number of carboxylic acids is 1. The van der Waals surface area contributed by atoms with Crippen LogP contribution >= 0.6 is 0 Å². The Kier molecular flexibility index (Phi) is 4.61. The summed E-state index contributed by atoms with van der Waals surface area (Å²) < 4.78 is 11.4. The number of carbonyl (C=O) groups is 2. The van der Waals surface area contributed by atoms with E-state index in [0.717, 1.165) is 17.7 Å². The van der Waals surface area contributed by atoms with E-state index in [0.29, 0.717) is 23.6 Å². The van der Waals surface area contributed by atoms with Gasteiger partial charge < -0.3 is 19.9 Å². The number of ether oxygens (including phenoxy) is 2. The molecule has 0 bridgehead atoms. The third kappa shape index (κ3) is 3.57. The van der Waals surface area contributed by atoms with Crippen molar-refractivity contribution in [3.8, 4) is 11.5 Å². The zero-order valence-electron chi connectivity index (χ0n) is 14.0. The molecule has 1 aliphatic rings. The van der Waals surface area contributed by atoms with Crippen molar-refractivity contribution >= 4 is 17.6 Å². The lowest BCUT2D eigenvalue weighted by molar-refractivity contribution is 0.0696. The van der Waals surface area contributed by atoms with Crippen LogP contribution in [0.25, 0.3) is 0 Å². The van der Waals surface area contributed by atoms with Gasteiger partial charge in [0.25, 0.3) is 5.91 Å². The van der Waals surface area contributed by atoms with E-state index in [1.807, 2.05) is 19.9 Å². The number of nitrogens with one attached hydrogen (secondary N) is 1. The van der Waals surface area contributed by atoms with Gasteiger partial charge in [-0.3, -0.25) is 4.79 Å². The molecule has 25 heavy (non-hydrogen) atoms. The largest absolute Gasteiger partial charge is 0.492 e. The van der Waals surface area contributed by atoms with E-state index >= 15 is 0 Å². The number of rotatable bonds is 5. The Morgan fingerprint density at radius 3 is 2.56 bits per heavy atom. The van der Waals surface area contributed by atoms with Gasteiger partial charge in [0.2, 0.25) is 0 Å². The Labute approximate surface area is 145 Å². The first-order valence-corrected chi connectivity index (χ1v) is 8.09. The van der Waals surface area contributed by atoms with Gasteiger partial charge >= 0.3 is 5.97 Å². The minimum atomic E-state index is -1.03. The molecule has 6 nitrogen and oxygen atoms in total. The maximum absolute atomic E-state index is 12.5. The van der Waals surface area contributed by atoms with E-state index < -0.39 is 5.97 Å². The zero-order chi connectivity index (χ0) is 18.0. The third-order valence-electron chi connectivity index (χ3n) is 3.94. The van der Waals surface area contributed by atoms with Gasteiger partial charge in [-0.15, -0.1) is 0 Å². The smallest absolute Gasteiger partial charge is 0.335 e. The van der Waals surface area contributed by atoms with Crippen LogP contribution in [0.3, 0.4) is 0 Å². The number of amides is 1. The lowest BCUT2D eigenvalue weighted by Crippen LogP contribution is -2.13. The molecule has 2 N–H and O–H groups in total. The summed E-state index contributed by atoms with van der Waals surface area (Å²) in [4.78, 5) is 23.4. The van der Waals surface area contributed by atoms with Crippen molar-refractivity contribution in [2.75, 3.05) is 11.9 Å². The van der Waals surface area contributed by atoms with Crippen LogP contribution in [0, 0.1) is 0 Å². The first kappa shape index (κ1) is 16.8. The van der Waals surface area contributed by atoms with Crippen molar-refractivity contribution < 1.29 is 24.2 Å². The molecule has 1 aliphatic heterocycles. The predicted molar refractivity (Wildman–Crippen MR) is 92.8 cm³/mol. The van der Waals surface area contributed by atoms with Gasteiger partial charge in [0, 0.05) is 23.6 Å². The predicted octanol–water partition coefficient (Wildman–Crippen LogP) is 3.36. The van der Waals surface area contributed by atoms with Crippen molar-refractivity contribution in [2.45, 2.75) is 26.4 Å². The Hall–Kier alpha value is -3.02. The standard InChI is InChI=1S/C19H19NO5/c1-3-24-17-9-14-8-11(2)25-16(14)10-15(17)20-18(21)12-4-6-13(7-5-12)19(22)23/h4-7,9-11H,3,8H2,1-2H3,(H,20,21)(H,22,23). The van der Waals surface area contributed by atoms with E-state index in [2.05, 4.69) is 5.32 Å². The lowest BCUT2D eigenvalue weighted by atomic mass is 10.1. The fourth-order valence-corrected chi connectivity index (χ4v) is 2.77. The molecular formula is C19H19NO5. The summed E-state index contributed by atoms with van der Waals surface area (Å²) in [5.41, 5.74) is 2.08. The quantitative estimate of drug-likeness (QED) is 0.871. The molecule has 6 heteroatoms. The van der Waals surface area contributed by atoms with Gasteiger partial charge in [0.1, 0.15) is 17.6 Å². The SMILES string of the molecule is CCOc1cc2c(cc1NC(=O)c1ccc(C(=O)O)cc1)OC(C)C2. The van der Waals surface area contributed by atoms with E-state index in [1.54, 1.807) is 6.07 Å². The minimum absolute atomic E-state index is 0.0963. The van der Waals surface area contributed by atoms with Crippen molar-refractivity contribution in [3.05, 3.63) is 53.1 Å². The Morgan fingerprint density at radius 1 is 1.24 bits per heavy atom. The van der Waals surface area contributed by atoms with Crippen LogP contribution in [0.4, 0.5) is 5.69 Å². The van der Waals surface area contributed by atoms with Crippen molar-refractivity contribution in [1.82, 2.24) is 0 Å². The Balaban J connectivity index is 1.85. The number of aromatic carboxylic acids is 1. The molecule has 0 aliphatic carbocycles. The molecule has 0 aromatic heterocycles. The second-order valence-electron chi connectivity index (χ2n) is 5.86. The second kappa shape index (κ2) is 6.84. The summed E-state index contributed by atoms with van der Waals surface area (Å²) in [5, 5.41) is 11.7. The molecular weight excluding hydrogens is 322 g/mol. The highest BCUT2D eigenvalue weighted by Crippen LogP contribution is 2.38. The Bertz CT molecular complexity index is 813. The van der Waals surface area contributed by atoms with Crippen LogP contribution in [0.5, 0.6) is 11.5 Å². The van der Waals surface area contributed by atoms with E-state index in [4.69, 9.17) is 14.6 Å². The molecule has 1 atom stereocenters. The van der Waals surface area contributed by atoms with Gasteiger partial charge in [-0.25, -0.2) is 4.79 Å². The average Bonchev–Trinajstić information content (AvgIpc) is 2.94. The van der Waals surface area contributed by atoms with Crippen LogP contribution in [-0.4, -0.2) is 29.7 Å². The van der Waals surface area contributed by atoms with Crippen molar-refractivity contribution in [3.63, 3.8) is 0 Å². The van der Waals surface area contributed by atoms with E-state index in [1.165, 1.54) is 24.3 Å². The minimum Gasteiger partial charge on any atom is -0.492 e. The first-order chi connectivity index (χ1) is 12.0. The molecule has 1 heterocycles. The summed E-state index contributed by atoms with van der Waals surface area (Å²) in [6.07, 6.45) is 0.902. The molecule has 1 amide bonds. The maximum Gasteiger partial charge on any atom is 0.335 e. The first-order valence-electron chi connectivity index (χ1n) is 8.09. The van der Waals surface area contributed by atoms with Crippen LogP contribution in [0.15, 0.2) is 36.4 Å². The highest BCUT2D eigenvalue weighted by Gasteiger charge is 2.22. The fourth-order valence-electron chi connectivity index (χ4n) is 2.77. The highest BCUT2D eigenvalue weighted by atomic mass is 16.5. The third-order valence-corrected chi connectivity index (χ3v) is 3.94. The normalized spacial score (nSPS) is 15.2. The van der Waals surface area contributed by atoms with Crippen LogP contribution < -0.4 is 14.8 Å². The van der Waals surface area contributed by atoms with Gasteiger partial charge in [-0.2, -0.15) is 0 Å². The summed E-state index contributed by atoms with van der Waals surface area (Å²) in [5.74, 6) is -0.0405. The van der Waals surface area contributed by atoms with Crippen molar-refractivity contribution in [2.24, 2.45) is 0 Å². The molecule has 0 spiro atoms. The number of hydrogen-bond acceptors (Lipinski definition) is 4. The molecule has 0 saturated carbocycles. The number of anilines is 1. The molecule has 0 fully saturated rings. The lowest BCUT2D eigenvalue weighted by Gasteiger charge is -2.13. The van der Waals surface area contributed by atoms with Crippen molar-refractivity contribution in [1.29, 1.82) is 0 Å². The molecule has 2 aromatic rings. The fraction of sp³-hybridized carbons (Fsp3) is 0.263. The maximum atomic E-state index is 12.5. The van der Waals surface area contributed by atoms with Crippen LogP contribution in [-0.2, 0) is 6.42 Å². The summed E-state index contributed by atoms with van der Waals surface area (Å²) in [6.45, 7) is 4.34. The second-order valence-corrected chi connectivity index (χ2v) is 5.86. The van der Waals surface area contributed by atoms with Gasteiger partial charge in [-0.05, 0) is 44.2 Å². The average molecular weight is 341 g/mol. The topological polar surface area (TPSA) is 84.9 Å². The summed E-state index contributed by atoms with van der Waals surface area (Å²) in [6, 6.07) is 9.41. The molecule has 0 saturated heterocycles. The van der Waals surface area contributed by atoms with E-state index in [9.17, 15) is 9.59 Å². The Morgan fingerprint density at radius 2 is 1.92 bits per heavy atom. The summed E-state index contributed by atoms with van der Waals surface area (Å²) >= 11 is 0.